The summed E-state index contributed by atoms with van der Waals surface area (Å²) in [6.45, 7) is 0.692. The first kappa shape index (κ1) is 26.4. The number of carbonyl (C=O) groups is 2. The first-order valence-corrected chi connectivity index (χ1v) is 14.1. The van der Waals surface area contributed by atoms with Crippen molar-refractivity contribution in [1.82, 2.24) is 19.4 Å². The molecule has 4 aromatic rings. The Hall–Kier alpha value is -3.82. The SMILES string of the molecule is COc1ccc(-n2c(C(=O)N[C@@H]3CCc4ccccc43)c3n(c2=O)CCN(C(=O)c2ccc(Br)c(Cl)c2)C3)cc1. The van der Waals surface area contributed by atoms with Gasteiger partial charge in [-0.2, -0.15) is 0 Å². The van der Waals surface area contributed by atoms with E-state index in [1.807, 2.05) is 18.2 Å². The van der Waals surface area contributed by atoms with Gasteiger partial charge >= 0.3 is 5.69 Å². The van der Waals surface area contributed by atoms with Crippen molar-refractivity contribution in [3.63, 3.8) is 0 Å². The highest BCUT2D eigenvalue weighted by molar-refractivity contribution is 9.10. The van der Waals surface area contributed by atoms with Gasteiger partial charge in [-0.3, -0.25) is 18.7 Å². The number of hydrogen-bond donors (Lipinski definition) is 1. The van der Waals surface area contributed by atoms with Crippen molar-refractivity contribution in [2.24, 2.45) is 0 Å². The van der Waals surface area contributed by atoms with E-state index in [0.717, 1.165) is 18.4 Å². The number of imidazole rings is 1. The lowest BCUT2D eigenvalue weighted by molar-refractivity contribution is 0.0706. The van der Waals surface area contributed by atoms with Gasteiger partial charge in [0.05, 0.1) is 36.1 Å². The predicted octanol–water partition coefficient (Wildman–Crippen LogP) is 5.14. The monoisotopic (exact) mass is 620 g/mol. The van der Waals surface area contributed by atoms with Gasteiger partial charge in [0.1, 0.15) is 11.4 Å². The van der Waals surface area contributed by atoms with Crippen molar-refractivity contribution >= 4 is 39.3 Å². The van der Waals surface area contributed by atoms with E-state index in [0.29, 0.717) is 38.7 Å². The largest absolute Gasteiger partial charge is 0.497 e. The molecule has 1 atom stereocenters. The zero-order valence-electron chi connectivity index (χ0n) is 21.7. The van der Waals surface area contributed by atoms with Crippen LogP contribution in [0, 0.1) is 0 Å². The van der Waals surface area contributed by atoms with Crippen LogP contribution in [-0.2, 0) is 19.5 Å². The third kappa shape index (κ3) is 4.63. The number of fused-ring (bicyclic) bond motifs is 2. The molecule has 0 spiro atoms. The van der Waals surface area contributed by atoms with E-state index in [4.69, 9.17) is 16.3 Å². The number of nitrogens with zero attached hydrogens (tertiary/aromatic N) is 3. The lowest BCUT2D eigenvalue weighted by Gasteiger charge is -2.28. The van der Waals surface area contributed by atoms with Crippen molar-refractivity contribution in [1.29, 1.82) is 0 Å². The summed E-state index contributed by atoms with van der Waals surface area (Å²) in [4.78, 5) is 42.8. The maximum absolute atomic E-state index is 14.0. The number of halogens is 2. The molecule has 6 rings (SSSR count). The lowest BCUT2D eigenvalue weighted by atomic mass is 10.1. The van der Waals surface area contributed by atoms with Crippen LogP contribution in [0.5, 0.6) is 5.75 Å². The molecule has 1 aliphatic carbocycles. The minimum Gasteiger partial charge on any atom is -0.497 e. The summed E-state index contributed by atoms with van der Waals surface area (Å²) in [5.74, 6) is 0.0602. The number of aromatic nitrogens is 2. The fourth-order valence-electron chi connectivity index (χ4n) is 5.58. The number of ether oxygens (including phenoxy) is 1. The minimum absolute atomic E-state index is 0.106. The van der Waals surface area contributed by atoms with Crippen LogP contribution in [0.15, 0.2) is 76.0 Å². The van der Waals surface area contributed by atoms with Crippen molar-refractivity contribution in [3.8, 4) is 11.4 Å². The first-order chi connectivity index (χ1) is 19.4. The van der Waals surface area contributed by atoms with Crippen LogP contribution in [0.3, 0.4) is 0 Å². The van der Waals surface area contributed by atoms with Gasteiger partial charge in [0.25, 0.3) is 11.8 Å². The summed E-state index contributed by atoms with van der Waals surface area (Å²) in [7, 11) is 1.57. The molecule has 8 nitrogen and oxygen atoms in total. The molecule has 2 heterocycles. The topological polar surface area (TPSA) is 85.6 Å². The van der Waals surface area contributed by atoms with Crippen LogP contribution < -0.4 is 15.7 Å². The van der Waals surface area contributed by atoms with Gasteiger partial charge in [-0.1, -0.05) is 35.9 Å². The number of aryl methyl sites for hydroxylation is 1. The molecule has 0 bridgehead atoms. The van der Waals surface area contributed by atoms with E-state index in [2.05, 4.69) is 27.3 Å². The zero-order valence-corrected chi connectivity index (χ0v) is 24.0. The van der Waals surface area contributed by atoms with Crippen LogP contribution in [0.2, 0.25) is 5.02 Å². The molecule has 0 saturated carbocycles. The summed E-state index contributed by atoms with van der Waals surface area (Å²) < 4.78 is 9.02. The molecule has 10 heteroatoms. The average molecular weight is 622 g/mol. The van der Waals surface area contributed by atoms with Gasteiger partial charge < -0.3 is 15.0 Å². The van der Waals surface area contributed by atoms with Gasteiger partial charge in [-0.25, -0.2) is 4.79 Å². The van der Waals surface area contributed by atoms with Gasteiger partial charge in [0, 0.05) is 23.1 Å². The first-order valence-electron chi connectivity index (χ1n) is 13.0. The second-order valence-electron chi connectivity index (χ2n) is 9.88. The van der Waals surface area contributed by atoms with Gasteiger partial charge in [-0.15, -0.1) is 0 Å². The summed E-state index contributed by atoms with van der Waals surface area (Å²) in [6.07, 6.45) is 1.65. The van der Waals surface area contributed by atoms with Crippen molar-refractivity contribution in [2.45, 2.75) is 32.0 Å². The third-order valence-corrected chi connectivity index (χ3v) is 8.85. The van der Waals surface area contributed by atoms with E-state index < -0.39 is 0 Å². The number of benzene rings is 3. The molecule has 1 aromatic heterocycles. The Bertz CT molecular complexity index is 1700. The van der Waals surface area contributed by atoms with E-state index in [1.54, 1.807) is 59.0 Å². The molecular weight excluding hydrogens is 596 g/mol. The average Bonchev–Trinajstić information content (AvgIpc) is 3.52. The summed E-state index contributed by atoms with van der Waals surface area (Å²) in [6, 6.07) is 20.0. The molecule has 0 unspecified atom stereocenters. The Balaban J connectivity index is 1.40. The number of methoxy groups -OCH3 is 1. The maximum Gasteiger partial charge on any atom is 0.333 e. The van der Waals surface area contributed by atoms with Crippen LogP contribution >= 0.6 is 27.5 Å². The highest BCUT2D eigenvalue weighted by atomic mass is 79.9. The fraction of sp³-hybridized carbons (Fsp3) is 0.233. The van der Waals surface area contributed by atoms with Gasteiger partial charge in [0.15, 0.2) is 0 Å². The van der Waals surface area contributed by atoms with Crippen LogP contribution in [0.25, 0.3) is 5.69 Å². The molecule has 2 aliphatic rings. The number of amides is 2. The second kappa shape index (κ2) is 10.6. The van der Waals surface area contributed by atoms with E-state index in [1.165, 1.54) is 10.1 Å². The Morgan fingerprint density at radius 1 is 1.05 bits per heavy atom. The van der Waals surface area contributed by atoms with E-state index in [9.17, 15) is 14.4 Å². The molecule has 0 fully saturated rings. The van der Waals surface area contributed by atoms with E-state index >= 15 is 0 Å². The maximum atomic E-state index is 14.0. The molecule has 204 valence electrons. The van der Waals surface area contributed by atoms with Crippen molar-refractivity contribution < 1.29 is 14.3 Å². The molecule has 40 heavy (non-hydrogen) atoms. The van der Waals surface area contributed by atoms with Crippen molar-refractivity contribution in [2.75, 3.05) is 13.7 Å². The minimum atomic E-state index is -0.357. The smallest absolute Gasteiger partial charge is 0.333 e. The van der Waals surface area contributed by atoms with Crippen LogP contribution in [0.1, 0.15) is 50.1 Å². The molecular formula is C30H26BrClN4O4. The quantitative estimate of drug-likeness (QED) is 0.335. The summed E-state index contributed by atoms with van der Waals surface area (Å²) in [5, 5.41) is 3.61. The molecule has 3 aromatic carbocycles. The van der Waals surface area contributed by atoms with Crippen molar-refractivity contribution in [3.05, 3.63) is 115 Å². The molecule has 0 saturated heterocycles. The number of carbonyl (C=O) groups excluding carboxylic acids is 2. The molecule has 0 radical (unpaired) electrons. The number of rotatable bonds is 5. The van der Waals surface area contributed by atoms with E-state index in [-0.39, 0.29) is 42.3 Å². The molecule has 1 aliphatic heterocycles. The Morgan fingerprint density at radius 3 is 2.58 bits per heavy atom. The fourth-order valence-corrected chi connectivity index (χ4v) is 6.01. The van der Waals surface area contributed by atoms with Gasteiger partial charge in [0.2, 0.25) is 0 Å². The second-order valence-corrected chi connectivity index (χ2v) is 11.1. The predicted molar refractivity (Wildman–Crippen MR) is 155 cm³/mol. The summed E-state index contributed by atoms with van der Waals surface area (Å²) >= 11 is 9.61. The Labute approximate surface area is 244 Å². The zero-order chi connectivity index (χ0) is 28.0. The highest BCUT2D eigenvalue weighted by Crippen LogP contribution is 2.32. The Kier molecular flexibility index (Phi) is 7.02. The normalized spacial score (nSPS) is 15.9. The standard InChI is InChI=1S/C30H26BrClN4O4/c1-40-21-10-8-20(9-11-21)36-27(28(37)33-25-13-7-18-4-2-3-5-22(18)25)26-17-34(14-15-35(26)30(36)39)29(38)19-6-12-23(31)24(32)16-19/h2-6,8-12,16,25H,7,13-15,17H2,1H3,(H,33,37)/t25-/m1/s1. The van der Waals surface area contributed by atoms with Gasteiger partial charge in [-0.05, 0) is 82.4 Å². The van der Waals surface area contributed by atoms with Crippen LogP contribution in [0.4, 0.5) is 0 Å². The Morgan fingerprint density at radius 2 is 1.82 bits per heavy atom. The molecule has 2 amide bonds. The van der Waals surface area contributed by atoms with Crippen LogP contribution in [-0.4, -0.2) is 39.5 Å². The highest BCUT2D eigenvalue weighted by Gasteiger charge is 2.34. The third-order valence-electron chi connectivity index (χ3n) is 7.62. The summed E-state index contributed by atoms with van der Waals surface area (Å²) in [5.41, 5.74) is 3.68. The number of hydrogen-bond acceptors (Lipinski definition) is 4. The number of nitrogens with one attached hydrogen (secondary N) is 1. The molecule has 1 N–H and O–H groups in total. The lowest BCUT2D eigenvalue weighted by Crippen LogP contribution is -2.41.